The average Bonchev–Trinajstić information content (AvgIpc) is 2.36. The van der Waals surface area contributed by atoms with E-state index in [1.807, 2.05) is 19.9 Å². The third kappa shape index (κ3) is 5.38. The average molecular weight is 261 g/mol. The van der Waals surface area contributed by atoms with Crippen molar-refractivity contribution in [3.8, 4) is 0 Å². The zero-order valence-electron chi connectivity index (χ0n) is 11.3. The van der Waals surface area contributed by atoms with E-state index in [-0.39, 0.29) is 11.5 Å². The highest BCUT2D eigenvalue weighted by molar-refractivity contribution is 5.89. The van der Waals surface area contributed by atoms with Gasteiger partial charge in [0.2, 0.25) is 5.91 Å². The third-order valence-electron chi connectivity index (χ3n) is 2.68. The Balaban J connectivity index is 2.51. The van der Waals surface area contributed by atoms with Crippen molar-refractivity contribution in [2.45, 2.75) is 26.7 Å². The molecule has 0 radical (unpaired) electrons. The number of carbonyl (C=O) groups is 2. The van der Waals surface area contributed by atoms with Crippen LogP contribution >= 0.6 is 0 Å². The fraction of sp³-hybridized carbons (Fsp3) is 0.333. The Morgan fingerprint density at radius 3 is 2.58 bits per heavy atom. The molecule has 19 heavy (non-hydrogen) atoms. The lowest BCUT2D eigenvalue weighted by molar-refractivity contribution is -0.120. The molecule has 0 unspecified atom stereocenters. The van der Waals surface area contributed by atoms with Crippen LogP contribution in [0, 0.1) is 0 Å². The fourth-order valence-corrected chi connectivity index (χ4v) is 1.65. The minimum absolute atomic E-state index is 0.0716. The first kappa shape index (κ1) is 15.0. The molecule has 0 heterocycles. The predicted octanol–water partition coefficient (Wildman–Crippen LogP) is 2.40. The van der Waals surface area contributed by atoms with Gasteiger partial charge in [-0.3, -0.25) is 4.79 Å². The van der Waals surface area contributed by atoms with E-state index in [2.05, 4.69) is 5.32 Å². The number of aryl methyl sites for hydroxylation is 1. The van der Waals surface area contributed by atoms with Crippen LogP contribution in [-0.2, 0) is 11.2 Å². The molecule has 102 valence electrons. The van der Waals surface area contributed by atoms with Crippen LogP contribution in [0.25, 0.3) is 0 Å². The molecule has 4 nitrogen and oxygen atoms in total. The van der Waals surface area contributed by atoms with Crippen molar-refractivity contribution in [3.63, 3.8) is 0 Å². The van der Waals surface area contributed by atoms with Gasteiger partial charge >= 0.3 is 5.97 Å². The van der Waals surface area contributed by atoms with E-state index in [0.29, 0.717) is 24.9 Å². The molecule has 0 aliphatic rings. The predicted molar refractivity (Wildman–Crippen MR) is 74.2 cm³/mol. The van der Waals surface area contributed by atoms with Gasteiger partial charge in [0.15, 0.2) is 0 Å². The van der Waals surface area contributed by atoms with E-state index in [1.54, 1.807) is 24.3 Å². The molecule has 1 aromatic carbocycles. The number of nitrogens with one attached hydrogen (secondary N) is 1. The van der Waals surface area contributed by atoms with E-state index in [1.165, 1.54) is 0 Å². The molecule has 2 N–H and O–H groups in total. The SMILES string of the molecule is CC(C)=CCNC(=O)CCc1ccccc1C(=O)O. The maximum atomic E-state index is 11.6. The van der Waals surface area contributed by atoms with Crippen molar-refractivity contribution in [3.05, 3.63) is 47.0 Å². The molecule has 4 heteroatoms. The van der Waals surface area contributed by atoms with Gasteiger partial charge < -0.3 is 10.4 Å². The Hall–Kier alpha value is -2.10. The Kier molecular flexibility index (Phi) is 5.79. The number of aromatic carboxylic acids is 1. The fourth-order valence-electron chi connectivity index (χ4n) is 1.65. The summed E-state index contributed by atoms with van der Waals surface area (Å²) >= 11 is 0. The summed E-state index contributed by atoms with van der Waals surface area (Å²) in [5.41, 5.74) is 2.10. The summed E-state index contributed by atoms with van der Waals surface area (Å²) in [6, 6.07) is 6.76. The number of carbonyl (C=O) groups excluding carboxylic acids is 1. The van der Waals surface area contributed by atoms with Crippen molar-refractivity contribution < 1.29 is 14.7 Å². The van der Waals surface area contributed by atoms with E-state index in [9.17, 15) is 9.59 Å². The Labute approximate surface area is 113 Å². The summed E-state index contributed by atoms with van der Waals surface area (Å²) < 4.78 is 0. The van der Waals surface area contributed by atoms with Crippen LogP contribution in [-0.4, -0.2) is 23.5 Å². The summed E-state index contributed by atoms with van der Waals surface area (Å²) in [5.74, 6) is -1.03. The van der Waals surface area contributed by atoms with Crippen molar-refractivity contribution in [2.24, 2.45) is 0 Å². The molecule has 0 fully saturated rings. The maximum Gasteiger partial charge on any atom is 0.335 e. The number of amides is 1. The van der Waals surface area contributed by atoms with Gasteiger partial charge in [-0.15, -0.1) is 0 Å². The number of hydrogen-bond acceptors (Lipinski definition) is 2. The topological polar surface area (TPSA) is 66.4 Å². The van der Waals surface area contributed by atoms with Gasteiger partial charge in [0.05, 0.1) is 5.56 Å². The molecule has 0 aliphatic heterocycles. The van der Waals surface area contributed by atoms with Gasteiger partial charge in [0.1, 0.15) is 0 Å². The van der Waals surface area contributed by atoms with Gasteiger partial charge in [-0.1, -0.05) is 29.8 Å². The lowest BCUT2D eigenvalue weighted by Crippen LogP contribution is -2.23. The molecule has 0 aliphatic carbocycles. The quantitative estimate of drug-likeness (QED) is 0.773. The van der Waals surface area contributed by atoms with Crippen LogP contribution in [0.15, 0.2) is 35.9 Å². The first-order valence-corrected chi connectivity index (χ1v) is 6.22. The molecular formula is C15H19NO3. The summed E-state index contributed by atoms with van der Waals surface area (Å²) in [5, 5.41) is 11.8. The molecule has 0 aromatic heterocycles. The highest BCUT2D eigenvalue weighted by Gasteiger charge is 2.10. The van der Waals surface area contributed by atoms with E-state index < -0.39 is 5.97 Å². The van der Waals surface area contributed by atoms with Crippen LogP contribution in [0.3, 0.4) is 0 Å². The van der Waals surface area contributed by atoms with Gasteiger partial charge in [0.25, 0.3) is 0 Å². The molecule has 1 amide bonds. The second kappa shape index (κ2) is 7.36. The Morgan fingerprint density at radius 1 is 1.26 bits per heavy atom. The summed E-state index contributed by atoms with van der Waals surface area (Å²) in [6.07, 6.45) is 2.66. The molecule has 0 spiro atoms. The molecule has 0 atom stereocenters. The normalized spacial score (nSPS) is 9.79. The Bertz CT molecular complexity index is 488. The zero-order chi connectivity index (χ0) is 14.3. The standard InChI is InChI=1S/C15H19NO3/c1-11(2)9-10-16-14(17)8-7-12-5-3-4-6-13(12)15(18)19/h3-6,9H,7-8,10H2,1-2H3,(H,16,17)(H,18,19). The second-order valence-corrected chi connectivity index (χ2v) is 4.55. The van der Waals surface area contributed by atoms with Crippen LogP contribution in [0.5, 0.6) is 0 Å². The van der Waals surface area contributed by atoms with Crippen molar-refractivity contribution in [1.82, 2.24) is 5.32 Å². The minimum atomic E-state index is -0.958. The molecule has 1 rings (SSSR count). The molecule has 0 saturated carbocycles. The first-order valence-electron chi connectivity index (χ1n) is 6.22. The largest absolute Gasteiger partial charge is 0.478 e. The third-order valence-corrected chi connectivity index (χ3v) is 2.68. The highest BCUT2D eigenvalue weighted by Crippen LogP contribution is 2.11. The number of hydrogen-bond donors (Lipinski definition) is 2. The smallest absolute Gasteiger partial charge is 0.335 e. The Morgan fingerprint density at radius 2 is 1.95 bits per heavy atom. The van der Waals surface area contributed by atoms with Crippen LogP contribution < -0.4 is 5.32 Å². The minimum Gasteiger partial charge on any atom is -0.478 e. The molecule has 0 bridgehead atoms. The van der Waals surface area contributed by atoms with Crippen molar-refractivity contribution in [2.75, 3.05) is 6.54 Å². The number of allylic oxidation sites excluding steroid dienone is 1. The summed E-state index contributed by atoms with van der Waals surface area (Å²) in [7, 11) is 0. The highest BCUT2D eigenvalue weighted by atomic mass is 16.4. The van der Waals surface area contributed by atoms with Gasteiger partial charge in [-0.05, 0) is 31.9 Å². The summed E-state index contributed by atoms with van der Waals surface area (Å²) in [6.45, 7) is 4.45. The van der Waals surface area contributed by atoms with Gasteiger partial charge in [0, 0.05) is 13.0 Å². The first-order chi connectivity index (χ1) is 9.00. The van der Waals surface area contributed by atoms with Crippen LogP contribution in [0.1, 0.15) is 36.2 Å². The van der Waals surface area contributed by atoms with E-state index >= 15 is 0 Å². The van der Waals surface area contributed by atoms with E-state index in [0.717, 1.165) is 5.57 Å². The van der Waals surface area contributed by atoms with Crippen LogP contribution in [0.4, 0.5) is 0 Å². The molecule has 1 aromatic rings. The van der Waals surface area contributed by atoms with Crippen LogP contribution in [0.2, 0.25) is 0 Å². The molecule has 0 saturated heterocycles. The number of carboxylic acids is 1. The monoisotopic (exact) mass is 261 g/mol. The lowest BCUT2D eigenvalue weighted by atomic mass is 10.0. The summed E-state index contributed by atoms with van der Waals surface area (Å²) in [4.78, 5) is 22.6. The van der Waals surface area contributed by atoms with Gasteiger partial charge in [-0.2, -0.15) is 0 Å². The maximum absolute atomic E-state index is 11.6. The second-order valence-electron chi connectivity index (χ2n) is 4.55. The van der Waals surface area contributed by atoms with E-state index in [4.69, 9.17) is 5.11 Å². The van der Waals surface area contributed by atoms with Crippen molar-refractivity contribution >= 4 is 11.9 Å². The van der Waals surface area contributed by atoms with Gasteiger partial charge in [-0.25, -0.2) is 4.79 Å². The number of benzene rings is 1. The number of rotatable bonds is 6. The van der Waals surface area contributed by atoms with Crippen molar-refractivity contribution in [1.29, 1.82) is 0 Å². The number of carboxylic acid groups (broad SMARTS) is 1. The zero-order valence-corrected chi connectivity index (χ0v) is 11.3. The molecular weight excluding hydrogens is 242 g/mol. The lowest BCUT2D eigenvalue weighted by Gasteiger charge is -2.06.